The Morgan fingerprint density at radius 3 is 2.81 bits per heavy atom. The van der Waals surface area contributed by atoms with E-state index in [4.69, 9.17) is 0 Å². The predicted molar refractivity (Wildman–Crippen MR) is 87.1 cm³/mol. The molecule has 21 heavy (non-hydrogen) atoms. The van der Waals surface area contributed by atoms with Gasteiger partial charge in [-0.25, -0.2) is 0 Å². The number of amides is 1. The fourth-order valence-corrected chi connectivity index (χ4v) is 2.65. The molecule has 1 heterocycles. The number of hydrogen-bond donors (Lipinski definition) is 2. The van der Waals surface area contributed by atoms with E-state index >= 15 is 0 Å². The average molecular weight is 288 g/mol. The van der Waals surface area contributed by atoms with Crippen molar-refractivity contribution in [3.63, 3.8) is 0 Å². The predicted octanol–water partition coefficient (Wildman–Crippen LogP) is 3.06. The van der Waals surface area contributed by atoms with E-state index in [0.717, 1.165) is 13.0 Å². The largest absolute Gasteiger partial charge is 0.354 e. The van der Waals surface area contributed by atoms with Crippen molar-refractivity contribution in [2.75, 3.05) is 13.1 Å². The van der Waals surface area contributed by atoms with Crippen LogP contribution in [0.4, 0.5) is 0 Å². The van der Waals surface area contributed by atoms with E-state index in [0.29, 0.717) is 18.9 Å². The maximum atomic E-state index is 12.1. The van der Waals surface area contributed by atoms with Crippen molar-refractivity contribution < 1.29 is 4.79 Å². The second-order valence-corrected chi connectivity index (χ2v) is 7.23. The van der Waals surface area contributed by atoms with Gasteiger partial charge in [0.1, 0.15) is 0 Å². The van der Waals surface area contributed by atoms with Gasteiger partial charge in [-0.05, 0) is 35.4 Å². The lowest BCUT2D eigenvalue weighted by atomic mass is 9.80. The second kappa shape index (κ2) is 6.61. The molecule has 3 nitrogen and oxygen atoms in total. The molecule has 0 fully saturated rings. The van der Waals surface area contributed by atoms with Crippen molar-refractivity contribution in [1.82, 2.24) is 10.6 Å². The van der Waals surface area contributed by atoms with E-state index < -0.39 is 0 Å². The summed E-state index contributed by atoms with van der Waals surface area (Å²) in [6.07, 6.45) is 1.67. The summed E-state index contributed by atoms with van der Waals surface area (Å²) < 4.78 is 0. The van der Waals surface area contributed by atoms with E-state index in [1.807, 2.05) is 0 Å². The summed E-state index contributed by atoms with van der Waals surface area (Å²) in [5.74, 6) is 0.534. The van der Waals surface area contributed by atoms with E-state index in [-0.39, 0.29) is 17.4 Å². The molecular formula is C18H28N2O. The number of carbonyl (C=O) groups excluding carboxylic acids is 1. The highest BCUT2D eigenvalue weighted by Crippen LogP contribution is 2.28. The van der Waals surface area contributed by atoms with Crippen LogP contribution < -0.4 is 10.6 Å². The van der Waals surface area contributed by atoms with Crippen LogP contribution in [0.15, 0.2) is 24.3 Å². The lowest BCUT2D eigenvalue weighted by Crippen LogP contribution is -2.39. The van der Waals surface area contributed by atoms with Gasteiger partial charge in [-0.1, -0.05) is 52.0 Å². The Morgan fingerprint density at radius 1 is 1.38 bits per heavy atom. The smallest absolute Gasteiger partial charge is 0.220 e. The highest BCUT2D eigenvalue weighted by Gasteiger charge is 2.24. The van der Waals surface area contributed by atoms with Crippen LogP contribution in [0.2, 0.25) is 0 Å². The SMILES string of the molecule is CC(CC(=O)NCC1NCCc2ccccc21)C(C)(C)C. The topological polar surface area (TPSA) is 41.1 Å². The minimum absolute atomic E-state index is 0.155. The van der Waals surface area contributed by atoms with Crippen LogP contribution in [-0.4, -0.2) is 19.0 Å². The molecule has 3 heteroatoms. The molecule has 0 aromatic heterocycles. The van der Waals surface area contributed by atoms with Crippen LogP contribution in [0.3, 0.4) is 0 Å². The molecule has 0 bridgehead atoms. The van der Waals surface area contributed by atoms with Gasteiger partial charge in [-0.2, -0.15) is 0 Å². The van der Waals surface area contributed by atoms with Gasteiger partial charge < -0.3 is 10.6 Å². The van der Waals surface area contributed by atoms with Gasteiger partial charge in [-0.15, -0.1) is 0 Å². The maximum Gasteiger partial charge on any atom is 0.220 e. The van der Waals surface area contributed by atoms with Gasteiger partial charge in [0, 0.05) is 19.0 Å². The molecule has 0 spiro atoms. The minimum Gasteiger partial charge on any atom is -0.354 e. The van der Waals surface area contributed by atoms with E-state index in [1.54, 1.807) is 0 Å². The first kappa shape index (κ1) is 16.0. The first-order valence-electron chi connectivity index (χ1n) is 7.96. The zero-order chi connectivity index (χ0) is 15.5. The van der Waals surface area contributed by atoms with Crippen molar-refractivity contribution in [1.29, 1.82) is 0 Å². The fourth-order valence-electron chi connectivity index (χ4n) is 2.65. The minimum atomic E-state index is 0.155. The van der Waals surface area contributed by atoms with Crippen LogP contribution in [0.1, 0.15) is 51.3 Å². The first-order chi connectivity index (χ1) is 9.88. The summed E-state index contributed by atoms with van der Waals surface area (Å²) in [5.41, 5.74) is 2.90. The van der Waals surface area contributed by atoms with Crippen LogP contribution in [0.25, 0.3) is 0 Å². The number of hydrogen-bond acceptors (Lipinski definition) is 2. The molecule has 1 amide bonds. The Morgan fingerprint density at radius 2 is 2.10 bits per heavy atom. The molecule has 2 unspecified atom stereocenters. The van der Waals surface area contributed by atoms with Crippen LogP contribution in [-0.2, 0) is 11.2 Å². The Labute approximate surface area is 128 Å². The van der Waals surface area contributed by atoms with Crippen molar-refractivity contribution in [2.24, 2.45) is 11.3 Å². The Bertz CT molecular complexity index is 490. The third-order valence-corrected chi connectivity index (χ3v) is 4.69. The van der Waals surface area contributed by atoms with Gasteiger partial charge in [-0.3, -0.25) is 4.79 Å². The number of carbonyl (C=O) groups is 1. The molecule has 1 aromatic rings. The van der Waals surface area contributed by atoms with Gasteiger partial charge >= 0.3 is 0 Å². The summed E-state index contributed by atoms with van der Waals surface area (Å²) in [6, 6.07) is 8.75. The summed E-state index contributed by atoms with van der Waals surface area (Å²) in [7, 11) is 0. The van der Waals surface area contributed by atoms with Crippen molar-refractivity contribution in [3.8, 4) is 0 Å². The molecule has 2 rings (SSSR count). The number of rotatable bonds is 4. The van der Waals surface area contributed by atoms with Crippen molar-refractivity contribution >= 4 is 5.91 Å². The molecule has 0 saturated carbocycles. The molecule has 0 aliphatic carbocycles. The molecule has 0 radical (unpaired) electrons. The van der Waals surface area contributed by atoms with E-state index in [1.165, 1.54) is 11.1 Å². The normalized spacial score (nSPS) is 19.7. The molecule has 1 aromatic carbocycles. The lowest BCUT2D eigenvalue weighted by Gasteiger charge is -2.29. The summed E-state index contributed by atoms with van der Waals surface area (Å²) in [6.45, 7) is 10.4. The molecule has 1 aliphatic rings. The van der Waals surface area contributed by atoms with Gasteiger partial charge in [0.2, 0.25) is 5.91 Å². The van der Waals surface area contributed by atoms with E-state index in [2.05, 4.69) is 62.6 Å². The van der Waals surface area contributed by atoms with Crippen molar-refractivity contribution in [2.45, 2.75) is 46.6 Å². The molecule has 1 aliphatic heterocycles. The van der Waals surface area contributed by atoms with Gasteiger partial charge in [0.15, 0.2) is 0 Å². The Hall–Kier alpha value is -1.35. The summed E-state index contributed by atoms with van der Waals surface area (Å²) in [5, 5.41) is 6.59. The maximum absolute atomic E-state index is 12.1. The van der Waals surface area contributed by atoms with Crippen LogP contribution in [0, 0.1) is 11.3 Å². The molecular weight excluding hydrogens is 260 g/mol. The fraction of sp³-hybridized carbons (Fsp3) is 0.611. The molecule has 2 atom stereocenters. The molecule has 2 N–H and O–H groups in total. The zero-order valence-corrected chi connectivity index (χ0v) is 13.7. The molecule has 0 saturated heterocycles. The number of fused-ring (bicyclic) bond motifs is 1. The Kier molecular flexibility index (Phi) is 5.04. The van der Waals surface area contributed by atoms with Gasteiger partial charge in [0.05, 0.1) is 0 Å². The lowest BCUT2D eigenvalue weighted by molar-refractivity contribution is -0.122. The second-order valence-electron chi connectivity index (χ2n) is 7.23. The van der Waals surface area contributed by atoms with Crippen LogP contribution in [0.5, 0.6) is 0 Å². The highest BCUT2D eigenvalue weighted by atomic mass is 16.1. The first-order valence-corrected chi connectivity index (χ1v) is 7.96. The number of benzene rings is 1. The van der Waals surface area contributed by atoms with E-state index in [9.17, 15) is 4.79 Å². The number of nitrogens with one attached hydrogen (secondary N) is 2. The Balaban J connectivity index is 1.88. The average Bonchev–Trinajstić information content (AvgIpc) is 2.44. The highest BCUT2D eigenvalue weighted by molar-refractivity contribution is 5.76. The quantitative estimate of drug-likeness (QED) is 0.894. The zero-order valence-electron chi connectivity index (χ0n) is 13.7. The monoisotopic (exact) mass is 288 g/mol. The standard InChI is InChI=1S/C18H28N2O/c1-13(18(2,3)4)11-17(21)20-12-16-15-8-6-5-7-14(15)9-10-19-16/h5-8,13,16,19H,9-12H2,1-4H3,(H,20,21). The molecule has 116 valence electrons. The summed E-state index contributed by atoms with van der Waals surface area (Å²) >= 11 is 0. The van der Waals surface area contributed by atoms with Crippen molar-refractivity contribution in [3.05, 3.63) is 35.4 Å². The van der Waals surface area contributed by atoms with Gasteiger partial charge in [0.25, 0.3) is 0 Å². The third-order valence-electron chi connectivity index (χ3n) is 4.69. The third kappa shape index (κ3) is 4.31. The summed E-state index contributed by atoms with van der Waals surface area (Å²) in [4.78, 5) is 12.1. The van der Waals surface area contributed by atoms with Crippen LogP contribution >= 0.6 is 0 Å².